The number of likely N-dealkylation sites (N-methyl/N-ethyl adjacent to an activating group) is 1. The van der Waals surface area contributed by atoms with Crippen molar-refractivity contribution in [1.29, 1.82) is 0 Å². The number of rotatable bonds is 9. The van der Waals surface area contributed by atoms with Gasteiger partial charge in [-0.15, -0.1) is 0 Å². The molecule has 0 fully saturated rings. The van der Waals surface area contributed by atoms with E-state index in [2.05, 4.69) is 5.32 Å². The van der Waals surface area contributed by atoms with Crippen LogP contribution >= 0.6 is 23.2 Å². The Kier molecular flexibility index (Phi) is 8.93. The molecule has 172 valence electrons. The molecule has 0 spiro atoms. The van der Waals surface area contributed by atoms with E-state index in [1.54, 1.807) is 30.1 Å². The second kappa shape index (κ2) is 11.9. The highest BCUT2D eigenvalue weighted by Gasteiger charge is 2.31. The molecule has 0 unspecified atom stereocenters. The summed E-state index contributed by atoms with van der Waals surface area (Å²) >= 11 is 12.8. The predicted octanol–water partition coefficient (Wildman–Crippen LogP) is 6.07. The first-order chi connectivity index (χ1) is 16.0. The predicted molar refractivity (Wildman–Crippen MR) is 135 cm³/mol. The monoisotopic (exact) mass is 482 g/mol. The number of nitrogens with one attached hydrogen (secondary N) is 1. The van der Waals surface area contributed by atoms with E-state index in [4.69, 9.17) is 23.2 Å². The molecule has 4 nitrogen and oxygen atoms in total. The Labute approximate surface area is 205 Å². The topological polar surface area (TPSA) is 49.4 Å². The number of hydrogen-bond acceptors (Lipinski definition) is 2. The summed E-state index contributed by atoms with van der Waals surface area (Å²) < 4.78 is 0. The fourth-order valence-electron chi connectivity index (χ4n) is 4.03. The molecule has 1 N–H and O–H groups in total. The van der Waals surface area contributed by atoms with Crippen LogP contribution in [0, 0.1) is 0 Å². The highest BCUT2D eigenvalue weighted by Crippen LogP contribution is 2.31. The molecule has 2 amide bonds. The van der Waals surface area contributed by atoms with Crippen LogP contribution in [0.1, 0.15) is 42.4 Å². The first-order valence-corrected chi connectivity index (χ1v) is 11.8. The molecule has 0 saturated carbocycles. The lowest BCUT2D eigenvalue weighted by Gasteiger charge is -2.32. The normalized spacial score (nSPS) is 11.8. The van der Waals surface area contributed by atoms with Gasteiger partial charge in [-0.05, 0) is 29.7 Å². The number of carbonyl (C=O) groups excluding carboxylic acids is 2. The molecule has 6 heteroatoms. The average Bonchev–Trinajstić information content (AvgIpc) is 2.84. The van der Waals surface area contributed by atoms with Crippen LogP contribution in [0.4, 0.5) is 0 Å². The van der Waals surface area contributed by atoms with E-state index < -0.39 is 6.04 Å². The van der Waals surface area contributed by atoms with Gasteiger partial charge in [-0.1, -0.05) is 96.9 Å². The minimum Gasteiger partial charge on any atom is -0.357 e. The van der Waals surface area contributed by atoms with Crippen molar-refractivity contribution in [3.8, 4) is 0 Å². The summed E-state index contributed by atoms with van der Waals surface area (Å²) in [5, 5.41) is 3.62. The summed E-state index contributed by atoms with van der Waals surface area (Å²) in [6, 6.07) is 24.5. The van der Waals surface area contributed by atoms with Crippen molar-refractivity contribution >= 4 is 35.0 Å². The highest BCUT2D eigenvalue weighted by molar-refractivity contribution is 6.36. The molecule has 33 heavy (non-hydrogen) atoms. The lowest BCUT2D eigenvalue weighted by atomic mass is 9.88. The van der Waals surface area contributed by atoms with Crippen molar-refractivity contribution in [3.05, 3.63) is 106 Å². The van der Waals surface area contributed by atoms with Crippen LogP contribution in [0.2, 0.25) is 10.0 Å². The average molecular weight is 483 g/mol. The van der Waals surface area contributed by atoms with Gasteiger partial charge >= 0.3 is 0 Å². The van der Waals surface area contributed by atoms with Gasteiger partial charge in [0.05, 0.1) is 0 Å². The Morgan fingerprint density at radius 2 is 1.36 bits per heavy atom. The Bertz CT molecular complexity index is 1010. The lowest BCUT2D eigenvalue weighted by molar-refractivity contribution is -0.141. The highest BCUT2D eigenvalue weighted by atomic mass is 35.5. The van der Waals surface area contributed by atoms with Gasteiger partial charge in [-0.2, -0.15) is 0 Å². The maximum Gasteiger partial charge on any atom is 0.242 e. The second-order valence-corrected chi connectivity index (χ2v) is 8.65. The molecule has 1 atom stereocenters. The van der Waals surface area contributed by atoms with Crippen LogP contribution in [0.15, 0.2) is 78.9 Å². The summed E-state index contributed by atoms with van der Waals surface area (Å²) in [5.41, 5.74) is 2.72. The third-order valence-electron chi connectivity index (χ3n) is 5.81. The first-order valence-electron chi connectivity index (χ1n) is 11.0. The van der Waals surface area contributed by atoms with Gasteiger partial charge in [-0.3, -0.25) is 9.59 Å². The summed E-state index contributed by atoms with van der Waals surface area (Å²) in [5.74, 6) is -0.504. The number of hydrogen-bond donors (Lipinski definition) is 1. The van der Waals surface area contributed by atoms with Crippen LogP contribution in [-0.2, 0) is 16.1 Å². The molecule has 0 aliphatic carbocycles. The van der Waals surface area contributed by atoms with Gasteiger partial charge in [0, 0.05) is 41.5 Å². The van der Waals surface area contributed by atoms with Gasteiger partial charge < -0.3 is 10.2 Å². The lowest BCUT2D eigenvalue weighted by Crippen LogP contribution is -2.48. The van der Waals surface area contributed by atoms with Crippen molar-refractivity contribution < 1.29 is 9.59 Å². The van der Waals surface area contributed by atoms with Gasteiger partial charge in [-0.25, -0.2) is 0 Å². The molecule has 0 radical (unpaired) electrons. The largest absolute Gasteiger partial charge is 0.357 e. The van der Waals surface area contributed by atoms with Crippen LogP contribution in [0.5, 0.6) is 0 Å². The van der Waals surface area contributed by atoms with E-state index in [0.29, 0.717) is 22.0 Å². The number of benzene rings is 3. The Balaban J connectivity index is 1.99. The van der Waals surface area contributed by atoms with E-state index in [1.165, 1.54) is 0 Å². The number of amides is 2. The molecular weight excluding hydrogens is 455 g/mol. The molecule has 0 saturated heterocycles. The van der Waals surface area contributed by atoms with Crippen LogP contribution in [0.25, 0.3) is 0 Å². The molecular formula is C27H28Cl2N2O2. The third kappa shape index (κ3) is 6.16. The van der Waals surface area contributed by atoms with E-state index >= 15 is 0 Å². The molecule has 0 bridgehead atoms. The fraction of sp³-hybridized carbons (Fsp3) is 0.259. The van der Waals surface area contributed by atoms with E-state index in [0.717, 1.165) is 11.1 Å². The maximum atomic E-state index is 13.8. The van der Waals surface area contributed by atoms with E-state index in [1.807, 2.05) is 67.6 Å². The van der Waals surface area contributed by atoms with Gasteiger partial charge in [0.15, 0.2) is 0 Å². The van der Waals surface area contributed by atoms with Gasteiger partial charge in [0.2, 0.25) is 11.8 Å². The third-order valence-corrected chi connectivity index (χ3v) is 6.51. The van der Waals surface area contributed by atoms with Crippen LogP contribution in [0.3, 0.4) is 0 Å². The van der Waals surface area contributed by atoms with Gasteiger partial charge in [0.25, 0.3) is 0 Å². The smallest absolute Gasteiger partial charge is 0.242 e. The number of nitrogens with zero attached hydrogens (tertiary/aromatic N) is 1. The quantitative estimate of drug-likeness (QED) is 0.402. The molecule has 0 aliphatic heterocycles. The minimum atomic E-state index is -0.637. The summed E-state index contributed by atoms with van der Waals surface area (Å²) in [7, 11) is 1.58. The molecule has 3 aromatic carbocycles. The zero-order chi connectivity index (χ0) is 23.8. The Morgan fingerprint density at radius 1 is 0.848 bits per heavy atom. The summed E-state index contributed by atoms with van der Waals surface area (Å²) in [4.78, 5) is 28.1. The molecule has 0 aromatic heterocycles. The van der Waals surface area contributed by atoms with Gasteiger partial charge in [0.1, 0.15) is 6.04 Å². The molecule has 3 rings (SSSR count). The van der Waals surface area contributed by atoms with Crippen molar-refractivity contribution in [3.63, 3.8) is 0 Å². The van der Waals surface area contributed by atoms with Crippen LogP contribution < -0.4 is 5.32 Å². The second-order valence-electron chi connectivity index (χ2n) is 7.84. The van der Waals surface area contributed by atoms with Crippen molar-refractivity contribution in [1.82, 2.24) is 10.2 Å². The zero-order valence-electron chi connectivity index (χ0n) is 18.8. The SMILES string of the molecule is CC[C@@H](C(=O)NC)N(Cc1c(Cl)cccc1Cl)C(=O)CC(c1ccccc1)c1ccccc1. The molecule has 0 heterocycles. The fourth-order valence-corrected chi connectivity index (χ4v) is 4.55. The number of halogens is 2. The standard InChI is InChI=1S/C27H28Cl2N2O2/c1-3-25(27(33)30-2)31(18-22-23(28)15-10-16-24(22)29)26(32)17-21(19-11-6-4-7-12-19)20-13-8-5-9-14-20/h4-16,21,25H,3,17-18H2,1-2H3,(H,30,33)/t25-/m0/s1. The Morgan fingerprint density at radius 3 is 1.82 bits per heavy atom. The molecule has 3 aromatic rings. The minimum absolute atomic E-state index is 0.140. The Hall–Kier alpha value is -2.82. The maximum absolute atomic E-state index is 13.8. The summed E-state index contributed by atoms with van der Waals surface area (Å²) in [6.45, 7) is 2.04. The molecule has 0 aliphatic rings. The first kappa shape index (κ1) is 24.8. The van der Waals surface area contributed by atoms with Crippen molar-refractivity contribution in [2.75, 3.05) is 7.05 Å². The van der Waals surface area contributed by atoms with Crippen molar-refractivity contribution in [2.45, 2.75) is 38.3 Å². The van der Waals surface area contributed by atoms with E-state index in [-0.39, 0.29) is 30.7 Å². The summed E-state index contributed by atoms with van der Waals surface area (Å²) in [6.07, 6.45) is 0.679. The number of carbonyl (C=O) groups is 2. The van der Waals surface area contributed by atoms with Crippen molar-refractivity contribution in [2.24, 2.45) is 0 Å². The zero-order valence-corrected chi connectivity index (χ0v) is 20.3. The van der Waals surface area contributed by atoms with Crippen LogP contribution in [-0.4, -0.2) is 29.8 Å². The van der Waals surface area contributed by atoms with E-state index in [9.17, 15) is 9.59 Å².